The van der Waals surface area contributed by atoms with E-state index in [0.717, 1.165) is 33.9 Å². The maximum absolute atomic E-state index is 12.6. The van der Waals surface area contributed by atoms with E-state index in [0.29, 0.717) is 38.0 Å². The molecular formula is C37H46N5O9S2+. The average molecular weight is 769 g/mol. The van der Waals surface area contributed by atoms with Gasteiger partial charge in [-0.05, 0) is 75.6 Å². The van der Waals surface area contributed by atoms with Crippen LogP contribution in [0.25, 0.3) is 0 Å². The molecule has 284 valence electrons. The van der Waals surface area contributed by atoms with Crippen molar-refractivity contribution >= 4 is 49.2 Å². The number of amides is 1. The number of aromatic nitrogens is 2. The second-order valence-electron chi connectivity index (χ2n) is 14.3. The zero-order chi connectivity index (χ0) is 38.9. The van der Waals surface area contributed by atoms with E-state index < -0.39 is 43.1 Å². The first-order valence-corrected chi connectivity index (χ1v) is 20.2. The zero-order valence-corrected chi connectivity index (χ0v) is 32.0. The fraction of sp³-hybridized carbons (Fsp3) is 0.405. The van der Waals surface area contributed by atoms with Crippen LogP contribution in [0.4, 0.5) is 11.4 Å². The number of anilines is 1. The van der Waals surface area contributed by atoms with Gasteiger partial charge >= 0.3 is 5.97 Å². The van der Waals surface area contributed by atoms with Crippen LogP contribution in [-0.4, -0.2) is 82.3 Å². The van der Waals surface area contributed by atoms with E-state index in [2.05, 4.69) is 24.8 Å². The molecule has 2 aromatic carbocycles. The maximum atomic E-state index is 12.6. The summed E-state index contributed by atoms with van der Waals surface area (Å²) < 4.78 is 69.7. The lowest BCUT2D eigenvalue weighted by atomic mass is 9.81. The highest BCUT2D eigenvalue weighted by atomic mass is 32.2. The summed E-state index contributed by atoms with van der Waals surface area (Å²) in [6, 6.07) is 8.06. The van der Waals surface area contributed by atoms with Crippen LogP contribution in [0, 0.1) is 0 Å². The summed E-state index contributed by atoms with van der Waals surface area (Å²) in [5, 5.41) is 12.2. The SMILES string of the molecule is CCN1C(=CC=CC2=[N+](CCCCCC(=O)N[C@H](Cc3cnc[nH]3)C(=O)O)c3ccc(S(=O)(=O)O)cc3C2(C)C)C(C)(C)c2cc(S(=O)(=O)O)ccc21. The van der Waals surface area contributed by atoms with Gasteiger partial charge in [0, 0.05) is 72.2 Å². The number of carboxylic acid groups (broad SMARTS) is 1. The highest BCUT2D eigenvalue weighted by Gasteiger charge is 2.45. The number of hydrogen-bond acceptors (Lipinski definition) is 8. The Morgan fingerprint density at radius 1 is 0.962 bits per heavy atom. The van der Waals surface area contributed by atoms with E-state index in [1.54, 1.807) is 12.1 Å². The Bertz CT molecular complexity index is 2220. The molecule has 1 amide bonds. The van der Waals surface area contributed by atoms with Crippen molar-refractivity contribution in [3.63, 3.8) is 0 Å². The summed E-state index contributed by atoms with van der Waals surface area (Å²) in [6.45, 7) is 11.1. The van der Waals surface area contributed by atoms with Crippen LogP contribution < -0.4 is 10.2 Å². The minimum Gasteiger partial charge on any atom is -0.480 e. The molecule has 1 aromatic heterocycles. The van der Waals surface area contributed by atoms with Gasteiger partial charge in [-0.25, -0.2) is 9.78 Å². The quantitative estimate of drug-likeness (QED) is 0.0797. The van der Waals surface area contributed by atoms with E-state index in [1.165, 1.54) is 36.8 Å². The Labute approximate surface area is 309 Å². The van der Waals surface area contributed by atoms with Crippen LogP contribution in [0.2, 0.25) is 0 Å². The van der Waals surface area contributed by atoms with Crippen LogP contribution in [0.5, 0.6) is 0 Å². The van der Waals surface area contributed by atoms with E-state index in [4.69, 9.17) is 0 Å². The highest BCUT2D eigenvalue weighted by Crippen LogP contribution is 2.48. The van der Waals surface area contributed by atoms with Gasteiger partial charge in [-0.15, -0.1) is 0 Å². The first-order chi connectivity index (χ1) is 24.8. The number of H-pyrrole nitrogens is 1. The molecule has 16 heteroatoms. The van der Waals surface area contributed by atoms with Crippen LogP contribution in [-0.2, 0) is 47.1 Å². The van der Waals surface area contributed by atoms with Crippen LogP contribution in [0.1, 0.15) is 77.1 Å². The van der Waals surface area contributed by atoms with Crippen molar-refractivity contribution < 1.29 is 45.2 Å². The van der Waals surface area contributed by atoms with Crippen molar-refractivity contribution in [2.75, 3.05) is 18.0 Å². The number of carbonyl (C=O) groups is 2. The molecule has 0 saturated heterocycles. The van der Waals surface area contributed by atoms with Gasteiger partial charge in [0.15, 0.2) is 5.71 Å². The molecule has 0 saturated carbocycles. The molecule has 0 aliphatic carbocycles. The number of fused-ring (bicyclic) bond motifs is 2. The number of carboxylic acids is 1. The van der Waals surface area contributed by atoms with E-state index in [9.17, 15) is 40.6 Å². The average Bonchev–Trinajstić information content (AvgIpc) is 3.72. The number of hydrogen-bond donors (Lipinski definition) is 5. The molecule has 2 aliphatic heterocycles. The minimum atomic E-state index is -4.45. The minimum absolute atomic E-state index is 0.0865. The molecule has 2 aliphatic rings. The summed E-state index contributed by atoms with van der Waals surface area (Å²) in [4.78, 5) is 32.8. The molecule has 5 N–H and O–H groups in total. The van der Waals surface area contributed by atoms with Crippen molar-refractivity contribution in [2.24, 2.45) is 0 Å². The topological polar surface area (TPSA) is 210 Å². The number of likely N-dealkylation sites (N-methyl/N-ethyl adjacent to an activating group) is 1. The third-order valence-electron chi connectivity index (χ3n) is 10.0. The van der Waals surface area contributed by atoms with Crippen molar-refractivity contribution in [3.8, 4) is 0 Å². The number of nitrogens with one attached hydrogen (secondary N) is 2. The smallest absolute Gasteiger partial charge is 0.326 e. The Kier molecular flexibility index (Phi) is 11.2. The summed E-state index contributed by atoms with van der Waals surface area (Å²) >= 11 is 0. The summed E-state index contributed by atoms with van der Waals surface area (Å²) in [6.07, 6.45) is 10.9. The summed E-state index contributed by atoms with van der Waals surface area (Å²) in [5.74, 6) is -1.50. The van der Waals surface area contributed by atoms with E-state index in [-0.39, 0.29) is 28.5 Å². The van der Waals surface area contributed by atoms with Gasteiger partial charge in [-0.2, -0.15) is 21.4 Å². The molecule has 0 fully saturated rings. The number of benzene rings is 2. The lowest BCUT2D eigenvalue weighted by molar-refractivity contribution is -0.438. The second kappa shape index (κ2) is 15.0. The molecule has 0 radical (unpaired) electrons. The molecular weight excluding hydrogens is 723 g/mol. The van der Waals surface area contributed by atoms with Gasteiger partial charge in [0.25, 0.3) is 20.2 Å². The van der Waals surface area contributed by atoms with Gasteiger partial charge in [0.05, 0.1) is 21.5 Å². The maximum Gasteiger partial charge on any atom is 0.326 e. The van der Waals surface area contributed by atoms with Crippen LogP contribution >= 0.6 is 0 Å². The Morgan fingerprint density at radius 3 is 2.23 bits per heavy atom. The number of imidazole rings is 1. The lowest BCUT2D eigenvalue weighted by Crippen LogP contribution is -2.42. The number of allylic oxidation sites excluding steroid dienone is 4. The lowest BCUT2D eigenvalue weighted by Gasteiger charge is -2.25. The Balaban J connectivity index is 1.37. The Hall–Kier alpha value is -4.64. The van der Waals surface area contributed by atoms with Gasteiger partial charge in [-0.3, -0.25) is 13.9 Å². The number of carbonyl (C=O) groups excluding carboxylic acids is 1. The summed E-state index contributed by atoms with van der Waals surface area (Å²) in [5.41, 5.74) is 4.23. The van der Waals surface area contributed by atoms with Crippen molar-refractivity contribution in [2.45, 2.75) is 93.4 Å². The number of aliphatic carboxylic acids is 1. The van der Waals surface area contributed by atoms with Gasteiger partial charge in [-0.1, -0.05) is 19.9 Å². The van der Waals surface area contributed by atoms with Crippen molar-refractivity contribution in [1.82, 2.24) is 15.3 Å². The third-order valence-corrected chi connectivity index (χ3v) is 11.7. The van der Waals surface area contributed by atoms with E-state index in [1.807, 2.05) is 52.8 Å². The van der Waals surface area contributed by atoms with Gasteiger partial charge in [0.1, 0.15) is 12.6 Å². The molecule has 0 bridgehead atoms. The van der Waals surface area contributed by atoms with Crippen LogP contribution in [0.15, 0.2) is 82.6 Å². The normalized spacial score (nSPS) is 17.7. The standard InChI is InChI=1S/C37H45N5O9S2/c1-6-41-30-16-14-25(52(46,47)48)20-27(30)36(2,3)32(41)11-10-12-33-37(4,5)28-21-26(53(49,50)51)15-17-31(28)42(33)18-9-7-8-13-34(43)40-29(35(44)45)19-24-22-38-23-39-24/h10-12,14-17,20-23,29H,6-9,13,18-19H2,1-5H3,(H4-,38,39,40,43,44,45,46,47,48,49,50,51)/p+1/t29-/m1/s1. The molecule has 3 heterocycles. The van der Waals surface area contributed by atoms with Gasteiger partial charge in [0.2, 0.25) is 11.6 Å². The number of nitrogens with zero attached hydrogens (tertiary/aromatic N) is 3. The fourth-order valence-electron chi connectivity index (χ4n) is 7.26. The van der Waals surface area contributed by atoms with Crippen molar-refractivity contribution in [1.29, 1.82) is 0 Å². The molecule has 0 unspecified atom stereocenters. The van der Waals surface area contributed by atoms with E-state index >= 15 is 0 Å². The second-order valence-corrected chi connectivity index (χ2v) is 17.1. The summed E-state index contributed by atoms with van der Waals surface area (Å²) in [7, 11) is -8.85. The molecule has 1 atom stereocenters. The molecule has 5 rings (SSSR count). The highest BCUT2D eigenvalue weighted by molar-refractivity contribution is 7.86. The number of unbranched alkanes of at least 4 members (excludes halogenated alkanes) is 2. The largest absolute Gasteiger partial charge is 0.480 e. The Morgan fingerprint density at radius 2 is 1.62 bits per heavy atom. The molecule has 14 nitrogen and oxygen atoms in total. The predicted octanol–water partition coefficient (Wildman–Crippen LogP) is 4.91. The van der Waals surface area contributed by atoms with Crippen LogP contribution in [0.3, 0.4) is 0 Å². The molecule has 0 spiro atoms. The first kappa shape index (κ1) is 39.6. The molecule has 53 heavy (non-hydrogen) atoms. The monoisotopic (exact) mass is 768 g/mol. The number of rotatable bonds is 15. The first-order valence-electron chi connectivity index (χ1n) is 17.3. The fourth-order valence-corrected chi connectivity index (χ4v) is 8.27. The third kappa shape index (κ3) is 8.30. The molecule has 3 aromatic rings. The van der Waals surface area contributed by atoms with Gasteiger partial charge < -0.3 is 20.3 Å². The zero-order valence-electron chi connectivity index (χ0n) is 30.3. The predicted molar refractivity (Wildman–Crippen MR) is 199 cm³/mol. The number of aromatic amines is 1. The van der Waals surface area contributed by atoms with Crippen molar-refractivity contribution in [3.05, 3.63) is 89.7 Å².